The zero-order valence-corrected chi connectivity index (χ0v) is 26.5. The number of hydrogen-bond acceptors (Lipinski definition) is 4. The number of benzene rings is 6. The van der Waals surface area contributed by atoms with Crippen LogP contribution in [-0.2, 0) is 0 Å². The second-order valence-electron chi connectivity index (χ2n) is 12.1. The molecule has 0 aliphatic carbocycles. The quantitative estimate of drug-likeness (QED) is 0.194. The van der Waals surface area contributed by atoms with Gasteiger partial charge in [0.15, 0.2) is 5.82 Å². The molecule has 4 heterocycles. The first-order valence-electron chi connectivity index (χ1n) is 16.0. The van der Waals surface area contributed by atoms with Crippen molar-refractivity contribution in [3.05, 3.63) is 158 Å². The number of hydrogen-bond donors (Lipinski definition) is 0. The molecular weight excluding hydrogens is 605 g/mol. The molecule has 0 fully saturated rings. The van der Waals surface area contributed by atoms with Crippen LogP contribution in [0.25, 0.3) is 92.5 Å². The van der Waals surface area contributed by atoms with Crippen molar-refractivity contribution in [2.75, 3.05) is 0 Å². The van der Waals surface area contributed by atoms with E-state index in [0.29, 0.717) is 5.82 Å². The number of nitrogens with zero attached hydrogens (tertiary/aromatic N) is 4. The number of pyridine rings is 1. The van der Waals surface area contributed by atoms with E-state index in [2.05, 4.69) is 144 Å². The highest BCUT2D eigenvalue weighted by Gasteiger charge is 2.18. The van der Waals surface area contributed by atoms with Gasteiger partial charge in [-0.15, -0.1) is 11.3 Å². The third-order valence-electron chi connectivity index (χ3n) is 9.25. The van der Waals surface area contributed by atoms with Gasteiger partial charge >= 0.3 is 0 Å². The smallest absolute Gasteiger partial charge is 0.179 e. The van der Waals surface area contributed by atoms with Crippen LogP contribution in [0.3, 0.4) is 0 Å². The minimum absolute atomic E-state index is 0.600. The molecule has 224 valence electrons. The Morgan fingerprint density at radius 3 is 2.06 bits per heavy atom. The lowest BCUT2D eigenvalue weighted by Crippen LogP contribution is -1.99. The van der Waals surface area contributed by atoms with Gasteiger partial charge in [0.05, 0.1) is 22.2 Å². The molecule has 0 spiro atoms. The van der Waals surface area contributed by atoms with Crippen LogP contribution in [0.15, 0.2) is 158 Å². The van der Waals surface area contributed by atoms with Gasteiger partial charge in [0.1, 0.15) is 5.69 Å². The van der Waals surface area contributed by atoms with Crippen LogP contribution in [-0.4, -0.2) is 19.5 Å². The van der Waals surface area contributed by atoms with Gasteiger partial charge in [-0.25, -0.2) is 9.97 Å². The van der Waals surface area contributed by atoms with Gasteiger partial charge in [0, 0.05) is 53.8 Å². The Morgan fingerprint density at radius 2 is 1.21 bits per heavy atom. The molecule has 0 N–H and O–H groups in total. The van der Waals surface area contributed by atoms with Crippen LogP contribution >= 0.6 is 11.3 Å². The minimum atomic E-state index is 0.600. The van der Waals surface area contributed by atoms with Crippen molar-refractivity contribution in [1.29, 1.82) is 0 Å². The minimum Gasteiger partial charge on any atom is -0.309 e. The molecule has 0 saturated heterocycles. The van der Waals surface area contributed by atoms with Crippen LogP contribution in [0.2, 0.25) is 0 Å². The fourth-order valence-electron chi connectivity index (χ4n) is 7.01. The predicted molar refractivity (Wildman–Crippen MR) is 201 cm³/mol. The third-order valence-corrected chi connectivity index (χ3v) is 10.4. The highest BCUT2D eigenvalue weighted by Crippen LogP contribution is 2.41. The van der Waals surface area contributed by atoms with E-state index < -0.39 is 0 Å². The van der Waals surface area contributed by atoms with E-state index in [4.69, 9.17) is 15.0 Å². The first-order valence-corrected chi connectivity index (χ1v) is 16.8. The maximum Gasteiger partial charge on any atom is 0.179 e. The normalized spacial score (nSPS) is 11.8. The molecule has 0 atom stereocenters. The number of rotatable bonds is 4. The Morgan fingerprint density at radius 1 is 0.458 bits per heavy atom. The standard InChI is InChI=1S/C43H26N4S/c1-3-11-27(12-4-1)29-19-20-36-35(23-29)42(28-13-5-2-6-14-28)46-43(45-36)37-24-30(21-22-44-37)47-38-17-9-7-15-31(38)33-26-41-34(25-39(33)47)32-16-8-10-18-40(32)48-41/h1-26H. The van der Waals surface area contributed by atoms with E-state index in [1.807, 2.05) is 29.7 Å². The van der Waals surface area contributed by atoms with Gasteiger partial charge in [0.2, 0.25) is 0 Å². The summed E-state index contributed by atoms with van der Waals surface area (Å²) in [5.41, 5.74) is 9.19. The summed E-state index contributed by atoms with van der Waals surface area (Å²) < 4.78 is 4.96. The van der Waals surface area contributed by atoms with Crippen molar-refractivity contribution in [2.45, 2.75) is 0 Å². The van der Waals surface area contributed by atoms with Crippen LogP contribution in [0, 0.1) is 0 Å². The number of para-hydroxylation sites is 1. The molecule has 0 amide bonds. The second-order valence-corrected chi connectivity index (χ2v) is 13.2. The van der Waals surface area contributed by atoms with Crippen LogP contribution in [0.5, 0.6) is 0 Å². The highest BCUT2D eigenvalue weighted by atomic mass is 32.1. The summed E-state index contributed by atoms with van der Waals surface area (Å²) in [6, 6.07) is 53.5. The van der Waals surface area contributed by atoms with Crippen molar-refractivity contribution in [3.63, 3.8) is 0 Å². The van der Waals surface area contributed by atoms with Gasteiger partial charge < -0.3 is 4.57 Å². The monoisotopic (exact) mass is 630 g/mol. The Bertz CT molecular complexity index is 2830. The van der Waals surface area contributed by atoms with E-state index in [-0.39, 0.29) is 0 Å². The second kappa shape index (κ2) is 10.7. The summed E-state index contributed by atoms with van der Waals surface area (Å²) in [5, 5.41) is 6.05. The molecule has 0 aliphatic heterocycles. The van der Waals surface area contributed by atoms with Crippen molar-refractivity contribution in [3.8, 4) is 39.6 Å². The Labute approximate surface area is 280 Å². The SMILES string of the molecule is c1ccc(-c2ccc3nc(-c4cc(-n5c6ccccc6c6cc7sc8ccccc8c7cc65)ccn4)nc(-c4ccccc4)c3c2)cc1. The number of thiophene rings is 1. The highest BCUT2D eigenvalue weighted by molar-refractivity contribution is 7.25. The lowest BCUT2D eigenvalue weighted by atomic mass is 10.00. The summed E-state index contributed by atoms with van der Waals surface area (Å²) in [6.07, 6.45) is 1.87. The van der Waals surface area contributed by atoms with E-state index >= 15 is 0 Å². The first kappa shape index (κ1) is 27.0. The molecule has 0 unspecified atom stereocenters. The van der Waals surface area contributed by atoms with Crippen molar-refractivity contribution < 1.29 is 0 Å². The zero-order chi connectivity index (χ0) is 31.6. The summed E-state index contributed by atoms with van der Waals surface area (Å²) in [4.78, 5) is 15.1. The van der Waals surface area contributed by atoms with Crippen molar-refractivity contribution >= 4 is 64.2 Å². The average Bonchev–Trinajstić information content (AvgIpc) is 3.68. The Hall–Kier alpha value is -6.17. The molecule has 48 heavy (non-hydrogen) atoms. The summed E-state index contributed by atoms with van der Waals surface area (Å²) >= 11 is 1.85. The Kier molecular flexibility index (Phi) is 6.01. The molecule has 10 rings (SSSR count). The van der Waals surface area contributed by atoms with Gasteiger partial charge in [-0.05, 0) is 59.7 Å². The largest absolute Gasteiger partial charge is 0.309 e. The van der Waals surface area contributed by atoms with E-state index in [0.717, 1.165) is 50.2 Å². The van der Waals surface area contributed by atoms with E-state index in [9.17, 15) is 0 Å². The molecule has 10 aromatic rings. The average molecular weight is 631 g/mol. The maximum absolute atomic E-state index is 5.21. The molecule has 0 aliphatic rings. The van der Waals surface area contributed by atoms with Crippen LogP contribution in [0.4, 0.5) is 0 Å². The molecule has 0 bridgehead atoms. The lowest BCUT2D eigenvalue weighted by molar-refractivity contribution is 1.13. The van der Waals surface area contributed by atoms with Crippen LogP contribution < -0.4 is 0 Å². The molecule has 4 nitrogen and oxygen atoms in total. The maximum atomic E-state index is 5.21. The molecule has 0 saturated carbocycles. The van der Waals surface area contributed by atoms with Gasteiger partial charge in [0.25, 0.3) is 0 Å². The summed E-state index contributed by atoms with van der Waals surface area (Å²) in [5.74, 6) is 0.600. The lowest BCUT2D eigenvalue weighted by Gasteiger charge is -2.12. The fourth-order valence-corrected chi connectivity index (χ4v) is 8.14. The van der Waals surface area contributed by atoms with Gasteiger partial charge in [-0.2, -0.15) is 0 Å². The molecule has 0 radical (unpaired) electrons. The molecule has 5 heteroatoms. The fraction of sp³-hybridized carbons (Fsp3) is 0. The molecule has 4 aromatic heterocycles. The predicted octanol–water partition coefficient (Wildman–Crippen LogP) is 11.5. The summed E-state index contributed by atoms with van der Waals surface area (Å²) in [7, 11) is 0. The Balaban J connectivity index is 1.19. The van der Waals surface area contributed by atoms with Crippen molar-refractivity contribution in [1.82, 2.24) is 19.5 Å². The van der Waals surface area contributed by atoms with E-state index in [1.165, 1.54) is 36.5 Å². The first-order chi connectivity index (χ1) is 23.8. The van der Waals surface area contributed by atoms with E-state index in [1.54, 1.807) is 0 Å². The number of aromatic nitrogens is 4. The third kappa shape index (κ3) is 4.25. The van der Waals surface area contributed by atoms with Gasteiger partial charge in [-0.1, -0.05) is 103 Å². The van der Waals surface area contributed by atoms with Gasteiger partial charge in [-0.3, -0.25) is 4.98 Å². The molecule has 6 aromatic carbocycles. The van der Waals surface area contributed by atoms with Crippen LogP contribution in [0.1, 0.15) is 0 Å². The number of fused-ring (bicyclic) bond motifs is 7. The zero-order valence-electron chi connectivity index (χ0n) is 25.7. The van der Waals surface area contributed by atoms with Crippen molar-refractivity contribution in [2.24, 2.45) is 0 Å². The summed E-state index contributed by atoms with van der Waals surface area (Å²) in [6.45, 7) is 0. The molecular formula is C43H26N4S. The topological polar surface area (TPSA) is 43.6 Å².